The molecule has 3 unspecified atom stereocenters. The van der Waals surface area contributed by atoms with Crippen LogP contribution in [-0.2, 0) is 11.2 Å². The van der Waals surface area contributed by atoms with Crippen LogP contribution >= 0.6 is 15.9 Å². The van der Waals surface area contributed by atoms with Crippen molar-refractivity contribution in [2.24, 2.45) is 0 Å². The van der Waals surface area contributed by atoms with Crippen LogP contribution in [0.2, 0.25) is 0 Å². The lowest BCUT2D eigenvalue weighted by Gasteiger charge is -2.36. The molecule has 1 aliphatic heterocycles. The van der Waals surface area contributed by atoms with Crippen molar-refractivity contribution in [1.82, 2.24) is 10.6 Å². The number of rotatable bonds is 6. The van der Waals surface area contributed by atoms with Gasteiger partial charge in [0.1, 0.15) is 5.76 Å². The Kier molecular flexibility index (Phi) is 7.29. The van der Waals surface area contributed by atoms with E-state index in [0.717, 1.165) is 38.9 Å². The molecule has 3 aromatic rings. The van der Waals surface area contributed by atoms with Crippen LogP contribution in [0.4, 0.5) is 8.78 Å². The second-order valence-electron chi connectivity index (χ2n) is 8.66. The summed E-state index contributed by atoms with van der Waals surface area (Å²) in [6.45, 7) is 4.85. The van der Waals surface area contributed by atoms with Gasteiger partial charge in [0.25, 0.3) is 0 Å². The van der Waals surface area contributed by atoms with E-state index in [4.69, 9.17) is 4.42 Å². The Balaban J connectivity index is 1.66. The third-order valence-electron chi connectivity index (χ3n) is 6.34. The van der Waals surface area contributed by atoms with E-state index in [1.54, 1.807) is 12.3 Å². The van der Waals surface area contributed by atoms with E-state index < -0.39 is 11.6 Å². The monoisotopic (exact) mass is 516 g/mol. The Bertz CT molecular complexity index is 1150. The quantitative estimate of drug-likeness (QED) is 0.427. The summed E-state index contributed by atoms with van der Waals surface area (Å²) < 4.78 is 34.5. The first-order valence-corrected chi connectivity index (χ1v) is 11.9. The molecule has 33 heavy (non-hydrogen) atoms. The summed E-state index contributed by atoms with van der Waals surface area (Å²) in [6, 6.07) is 12.4. The maximum Gasteiger partial charge on any atom is 0.216 e. The Morgan fingerprint density at radius 2 is 1.97 bits per heavy atom. The third-order valence-corrected chi connectivity index (χ3v) is 7.16. The van der Waals surface area contributed by atoms with Gasteiger partial charge in [0.2, 0.25) is 5.91 Å². The molecule has 1 aromatic heterocycles. The van der Waals surface area contributed by atoms with Crippen molar-refractivity contribution in [1.29, 1.82) is 0 Å². The number of hydrogen-bond donors (Lipinski definition) is 2. The molecule has 1 fully saturated rings. The number of hydrogen-bond acceptors (Lipinski definition) is 3. The fraction of sp³-hybridized carbons (Fsp3) is 0.346. The summed E-state index contributed by atoms with van der Waals surface area (Å²) in [4.78, 5) is 11.2. The van der Waals surface area contributed by atoms with E-state index in [0.29, 0.717) is 19.5 Å². The lowest BCUT2D eigenvalue weighted by atomic mass is 9.76. The van der Waals surface area contributed by atoms with Crippen molar-refractivity contribution in [3.63, 3.8) is 0 Å². The zero-order chi connectivity index (χ0) is 23.5. The van der Waals surface area contributed by atoms with E-state index in [9.17, 15) is 13.6 Å². The van der Waals surface area contributed by atoms with Crippen molar-refractivity contribution in [2.75, 3.05) is 13.1 Å². The first-order valence-electron chi connectivity index (χ1n) is 11.1. The van der Waals surface area contributed by atoms with Crippen molar-refractivity contribution < 1.29 is 18.0 Å². The number of carbonyl (C=O) groups is 1. The van der Waals surface area contributed by atoms with Crippen molar-refractivity contribution in [2.45, 2.75) is 44.6 Å². The lowest BCUT2D eigenvalue weighted by molar-refractivity contribution is -0.118. The predicted octanol–water partition coefficient (Wildman–Crippen LogP) is 5.92. The molecule has 0 radical (unpaired) electrons. The minimum Gasteiger partial charge on any atom is -0.463 e. The van der Waals surface area contributed by atoms with Crippen LogP contribution in [0.3, 0.4) is 0 Å². The zero-order valence-corrected chi connectivity index (χ0v) is 20.2. The fourth-order valence-corrected chi connectivity index (χ4v) is 5.35. The summed E-state index contributed by atoms with van der Waals surface area (Å²) in [7, 11) is 0. The maximum atomic E-state index is 14.0. The highest BCUT2D eigenvalue weighted by Gasteiger charge is 2.34. The normalized spacial score (nSPS) is 20.6. The molecule has 0 saturated carbocycles. The van der Waals surface area contributed by atoms with Gasteiger partial charge in [-0.1, -0.05) is 30.3 Å². The van der Waals surface area contributed by atoms with Gasteiger partial charge in [-0.2, -0.15) is 0 Å². The number of carbonyl (C=O) groups excluding carboxylic acids is 1. The molecule has 3 atom stereocenters. The van der Waals surface area contributed by atoms with Crippen LogP contribution in [0.15, 0.2) is 57.6 Å². The van der Waals surface area contributed by atoms with Crippen LogP contribution in [0, 0.1) is 11.6 Å². The van der Waals surface area contributed by atoms with Gasteiger partial charge in [0.15, 0.2) is 11.6 Å². The van der Waals surface area contributed by atoms with Crippen LogP contribution in [-0.4, -0.2) is 25.0 Å². The summed E-state index contributed by atoms with van der Waals surface area (Å²) >= 11 is 3.77. The topological polar surface area (TPSA) is 54.3 Å². The number of furan rings is 1. The van der Waals surface area contributed by atoms with Crippen LogP contribution in [0.5, 0.6) is 0 Å². The van der Waals surface area contributed by atoms with Gasteiger partial charge in [-0.15, -0.1) is 0 Å². The lowest BCUT2D eigenvalue weighted by Crippen LogP contribution is -2.40. The number of amides is 1. The van der Waals surface area contributed by atoms with E-state index in [-0.39, 0.29) is 23.8 Å². The Morgan fingerprint density at radius 3 is 2.73 bits per heavy atom. The first-order chi connectivity index (χ1) is 15.8. The second kappa shape index (κ2) is 10.2. The molecule has 174 valence electrons. The fourth-order valence-electron chi connectivity index (χ4n) is 4.66. The number of benzene rings is 2. The molecule has 0 bridgehead atoms. The molecule has 0 spiro atoms. The van der Waals surface area contributed by atoms with Gasteiger partial charge in [0.05, 0.1) is 10.7 Å². The SMILES string of the molecule is CC(=O)NCCc1ccccc1-c1occ(C2CNC(C)CC2c2ccc(F)c(F)c2)c1Br. The third kappa shape index (κ3) is 5.20. The molecule has 1 saturated heterocycles. The Hall–Kier alpha value is -2.51. The number of nitrogens with one attached hydrogen (secondary N) is 2. The highest BCUT2D eigenvalue weighted by atomic mass is 79.9. The molecule has 1 aliphatic rings. The Labute approximate surface area is 200 Å². The van der Waals surface area contributed by atoms with E-state index in [2.05, 4.69) is 33.5 Å². The molecule has 2 aromatic carbocycles. The molecule has 2 heterocycles. The first kappa shape index (κ1) is 23.6. The van der Waals surface area contributed by atoms with Gasteiger partial charge in [-0.3, -0.25) is 4.79 Å². The minimum absolute atomic E-state index is 0.0214. The van der Waals surface area contributed by atoms with Crippen molar-refractivity contribution >= 4 is 21.8 Å². The second-order valence-corrected chi connectivity index (χ2v) is 9.45. The van der Waals surface area contributed by atoms with Gasteiger partial charge in [-0.05, 0) is 64.9 Å². The summed E-state index contributed by atoms with van der Waals surface area (Å²) in [5.74, 6) is -0.933. The zero-order valence-electron chi connectivity index (χ0n) is 18.6. The molecule has 1 amide bonds. The van der Waals surface area contributed by atoms with Gasteiger partial charge < -0.3 is 15.1 Å². The number of piperidine rings is 1. The average molecular weight is 517 g/mol. The minimum atomic E-state index is -0.833. The molecule has 0 aliphatic carbocycles. The Morgan fingerprint density at radius 1 is 1.18 bits per heavy atom. The smallest absolute Gasteiger partial charge is 0.216 e. The van der Waals surface area contributed by atoms with Crippen LogP contribution in [0.1, 0.15) is 48.8 Å². The van der Waals surface area contributed by atoms with Crippen LogP contribution < -0.4 is 10.6 Å². The standard InChI is InChI=1S/C26H27BrF2N2O2/c1-15-11-20(18-7-8-23(28)24(29)12-18)21(13-31-15)22-14-33-26(25(22)27)19-6-4-3-5-17(19)9-10-30-16(2)32/h3-8,12,14-15,20-21,31H,9-11,13H2,1-2H3,(H,30,32). The van der Waals surface area contributed by atoms with Crippen LogP contribution in [0.25, 0.3) is 11.3 Å². The highest BCUT2D eigenvalue weighted by molar-refractivity contribution is 9.10. The average Bonchev–Trinajstić information content (AvgIpc) is 3.16. The summed E-state index contributed by atoms with van der Waals surface area (Å²) in [5, 5.41) is 6.35. The summed E-state index contributed by atoms with van der Waals surface area (Å²) in [6.07, 6.45) is 3.24. The molecule has 4 nitrogen and oxygen atoms in total. The van der Waals surface area contributed by atoms with E-state index >= 15 is 0 Å². The number of halogens is 3. The molecular formula is C26H27BrF2N2O2. The predicted molar refractivity (Wildman–Crippen MR) is 128 cm³/mol. The van der Waals surface area contributed by atoms with Crippen molar-refractivity contribution in [3.05, 3.63) is 81.5 Å². The van der Waals surface area contributed by atoms with E-state index in [1.807, 2.05) is 24.3 Å². The summed E-state index contributed by atoms with van der Waals surface area (Å²) in [5.41, 5.74) is 3.82. The molecular weight excluding hydrogens is 490 g/mol. The molecule has 4 rings (SSSR count). The van der Waals surface area contributed by atoms with Crippen molar-refractivity contribution in [3.8, 4) is 11.3 Å². The highest BCUT2D eigenvalue weighted by Crippen LogP contribution is 2.45. The van der Waals surface area contributed by atoms with E-state index in [1.165, 1.54) is 19.1 Å². The maximum absolute atomic E-state index is 14.0. The largest absolute Gasteiger partial charge is 0.463 e. The molecule has 2 N–H and O–H groups in total. The van der Waals surface area contributed by atoms with Gasteiger partial charge in [-0.25, -0.2) is 8.78 Å². The van der Waals surface area contributed by atoms with Gasteiger partial charge >= 0.3 is 0 Å². The molecule has 7 heteroatoms. The van der Waals surface area contributed by atoms with Gasteiger partial charge in [0, 0.05) is 43.1 Å².